The summed E-state index contributed by atoms with van der Waals surface area (Å²) in [6, 6.07) is 6.79. The summed E-state index contributed by atoms with van der Waals surface area (Å²) in [5.41, 5.74) is 6.80. The molecule has 6 nitrogen and oxygen atoms in total. The van der Waals surface area contributed by atoms with E-state index in [1.165, 1.54) is 0 Å². The zero-order valence-corrected chi connectivity index (χ0v) is 12.0. The van der Waals surface area contributed by atoms with Gasteiger partial charge in [0.05, 0.1) is 18.5 Å². The third-order valence-electron chi connectivity index (χ3n) is 2.70. The largest absolute Gasteiger partial charge is 0.444 e. The molecule has 0 unspecified atom stereocenters. The molecule has 1 heterocycles. The molecule has 0 aliphatic heterocycles. The summed E-state index contributed by atoms with van der Waals surface area (Å²) in [6.45, 7) is 1.99. The Kier molecular flexibility index (Phi) is 4.41. The van der Waals surface area contributed by atoms with Crippen LogP contribution in [0.25, 0.3) is 0 Å². The van der Waals surface area contributed by atoms with Crippen LogP contribution in [0.3, 0.4) is 0 Å². The molecule has 0 bridgehead atoms. The SMILES string of the molecule is CCc1cnc(CNS(=O)(=O)Cc2cccc(N)c2)o1. The number of hydrogen-bond acceptors (Lipinski definition) is 5. The molecule has 0 spiro atoms. The molecular formula is C13H17N3O3S. The van der Waals surface area contributed by atoms with Gasteiger partial charge in [0.2, 0.25) is 15.9 Å². The van der Waals surface area contributed by atoms with Gasteiger partial charge in [0.1, 0.15) is 5.76 Å². The first-order chi connectivity index (χ1) is 9.48. The number of oxazole rings is 1. The first-order valence-electron chi connectivity index (χ1n) is 6.24. The molecule has 0 radical (unpaired) electrons. The Morgan fingerprint density at radius 1 is 1.40 bits per heavy atom. The molecule has 0 fully saturated rings. The second kappa shape index (κ2) is 6.06. The molecule has 2 rings (SSSR count). The van der Waals surface area contributed by atoms with Gasteiger partial charge in [0.15, 0.2) is 0 Å². The van der Waals surface area contributed by atoms with Crippen LogP contribution in [0.1, 0.15) is 24.1 Å². The van der Waals surface area contributed by atoms with Crippen molar-refractivity contribution < 1.29 is 12.8 Å². The number of nitrogens with two attached hydrogens (primary N) is 1. The molecular weight excluding hydrogens is 278 g/mol. The van der Waals surface area contributed by atoms with E-state index in [2.05, 4.69) is 9.71 Å². The molecule has 0 amide bonds. The zero-order chi connectivity index (χ0) is 14.6. The Morgan fingerprint density at radius 2 is 2.20 bits per heavy atom. The van der Waals surface area contributed by atoms with Gasteiger partial charge in [-0.25, -0.2) is 18.1 Å². The van der Waals surface area contributed by atoms with Crippen LogP contribution in [-0.2, 0) is 28.7 Å². The van der Waals surface area contributed by atoms with E-state index in [4.69, 9.17) is 10.2 Å². The number of aromatic nitrogens is 1. The number of rotatable bonds is 6. The van der Waals surface area contributed by atoms with Crippen LogP contribution in [0.2, 0.25) is 0 Å². The van der Waals surface area contributed by atoms with Crippen molar-refractivity contribution in [2.24, 2.45) is 0 Å². The number of benzene rings is 1. The molecule has 1 aromatic heterocycles. The molecule has 2 aromatic rings. The fraction of sp³-hybridized carbons (Fsp3) is 0.308. The average molecular weight is 295 g/mol. The number of nitrogens with zero attached hydrogens (tertiary/aromatic N) is 1. The van der Waals surface area contributed by atoms with Crippen LogP contribution in [0.5, 0.6) is 0 Å². The number of hydrogen-bond donors (Lipinski definition) is 2. The predicted molar refractivity (Wildman–Crippen MR) is 76.2 cm³/mol. The van der Waals surface area contributed by atoms with Crippen molar-refractivity contribution in [3.8, 4) is 0 Å². The molecule has 0 saturated carbocycles. The average Bonchev–Trinajstić information content (AvgIpc) is 2.84. The minimum atomic E-state index is -3.45. The second-order valence-corrected chi connectivity index (χ2v) is 6.21. The van der Waals surface area contributed by atoms with Crippen molar-refractivity contribution in [1.82, 2.24) is 9.71 Å². The van der Waals surface area contributed by atoms with Gasteiger partial charge < -0.3 is 10.2 Å². The third kappa shape index (κ3) is 4.07. The van der Waals surface area contributed by atoms with Gasteiger partial charge in [-0.1, -0.05) is 19.1 Å². The monoisotopic (exact) mass is 295 g/mol. The predicted octanol–water partition coefficient (Wildman–Crippen LogP) is 1.44. The molecule has 0 aliphatic rings. The number of sulfonamides is 1. The highest BCUT2D eigenvalue weighted by atomic mass is 32.2. The van der Waals surface area contributed by atoms with E-state index in [0.29, 0.717) is 17.1 Å². The number of aryl methyl sites for hydroxylation is 1. The summed E-state index contributed by atoms with van der Waals surface area (Å²) < 4.78 is 31.7. The van der Waals surface area contributed by atoms with E-state index >= 15 is 0 Å². The van der Waals surface area contributed by atoms with E-state index in [1.807, 2.05) is 6.92 Å². The van der Waals surface area contributed by atoms with Gasteiger partial charge in [-0.2, -0.15) is 0 Å². The molecule has 7 heteroatoms. The normalized spacial score (nSPS) is 11.7. The summed E-state index contributed by atoms with van der Waals surface area (Å²) >= 11 is 0. The maximum atomic E-state index is 11.9. The van der Waals surface area contributed by atoms with Crippen molar-refractivity contribution in [1.29, 1.82) is 0 Å². The fourth-order valence-corrected chi connectivity index (χ4v) is 2.78. The first kappa shape index (κ1) is 14.5. The highest BCUT2D eigenvalue weighted by Gasteiger charge is 2.13. The van der Waals surface area contributed by atoms with E-state index in [9.17, 15) is 8.42 Å². The molecule has 108 valence electrons. The lowest BCUT2D eigenvalue weighted by Gasteiger charge is -2.05. The summed E-state index contributed by atoms with van der Waals surface area (Å²) in [7, 11) is -3.45. The lowest BCUT2D eigenvalue weighted by molar-refractivity contribution is 0.452. The zero-order valence-electron chi connectivity index (χ0n) is 11.2. The molecule has 0 atom stereocenters. The molecule has 0 aliphatic carbocycles. The van der Waals surface area contributed by atoms with E-state index in [0.717, 1.165) is 12.2 Å². The summed E-state index contributed by atoms with van der Waals surface area (Å²) in [5, 5.41) is 0. The Morgan fingerprint density at radius 3 is 2.85 bits per heavy atom. The van der Waals surface area contributed by atoms with E-state index in [-0.39, 0.29) is 12.3 Å². The van der Waals surface area contributed by atoms with Crippen molar-refractivity contribution in [3.63, 3.8) is 0 Å². The van der Waals surface area contributed by atoms with Crippen molar-refractivity contribution in [2.75, 3.05) is 5.73 Å². The van der Waals surface area contributed by atoms with Gasteiger partial charge in [0, 0.05) is 12.1 Å². The lowest BCUT2D eigenvalue weighted by atomic mass is 10.2. The fourth-order valence-electron chi connectivity index (χ4n) is 1.72. The van der Waals surface area contributed by atoms with Crippen molar-refractivity contribution in [3.05, 3.63) is 47.7 Å². The van der Waals surface area contributed by atoms with Crippen LogP contribution < -0.4 is 10.5 Å². The van der Waals surface area contributed by atoms with Crippen molar-refractivity contribution >= 4 is 15.7 Å². The van der Waals surface area contributed by atoms with Gasteiger partial charge >= 0.3 is 0 Å². The second-order valence-electron chi connectivity index (χ2n) is 4.40. The smallest absolute Gasteiger partial charge is 0.216 e. The number of anilines is 1. The Balaban J connectivity index is 1.97. The van der Waals surface area contributed by atoms with Crippen LogP contribution in [0.4, 0.5) is 5.69 Å². The van der Waals surface area contributed by atoms with Gasteiger partial charge in [-0.05, 0) is 17.7 Å². The lowest BCUT2D eigenvalue weighted by Crippen LogP contribution is -2.24. The first-order valence-corrected chi connectivity index (χ1v) is 7.89. The molecule has 20 heavy (non-hydrogen) atoms. The highest BCUT2D eigenvalue weighted by Crippen LogP contribution is 2.10. The topological polar surface area (TPSA) is 98.2 Å². The summed E-state index contributed by atoms with van der Waals surface area (Å²) in [5.74, 6) is 0.965. The maximum absolute atomic E-state index is 11.9. The van der Waals surface area contributed by atoms with Gasteiger partial charge in [-0.15, -0.1) is 0 Å². The number of nitrogens with one attached hydrogen (secondary N) is 1. The van der Waals surface area contributed by atoms with Crippen LogP contribution in [0.15, 0.2) is 34.9 Å². The molecule has 1 aromatic carbocycles. The minimum Gasteiger partial charge on any atom is -0.444 e. The van der Waals surface area contributed by atoms with Gasteiger partial charge in [-0.3, -0.25) is 0 Å². The number of nitrogen functional groups attached to an aromatic ring is 1. The van der Waals surface area contributed by atoms with Crippen LogP contribution in [-0.4, -0.2) is 13.4 Å². The minimum absolute atomic E-state index is 0.0463. The molecule has 3 N–H and O–H groups in total. The van der Waals surface area contributed by atoms with Crippen LogP contribution >= 0.6 is 0 Å². The van der Waals surface area contributed by atoms with E-state index in [1.54, 1.807) is 30.5 Å². The Labute approximate surface area is 118 Å². The Bertz CT molecular complexity index is 680. The maximum Gasteiger partial charge on any atom is 0.216 e. The highest BCUT2D eigenvalue weighted by molar-refractivity contribution is 7.88. The standard InChI is InChI=1S/C13H17N3O3S/c1-2-12-7-15-13(19-12)8-16-20(17,18)9-10-4-3-5-11(14)6-10/h3-7,16H,2,8-9,14H2,1H3. The quantitative estimate of drug-likeness (QED) is 0.786. The van der Waals surface area contributed by atoms with Gasteiger partial charge in [0.25, 0.3) is 0 Å². The molecule has 0 saturated heterocycles. The van der Waals surface area contributed by atoms with Crippen LogP contribution in [0, 0.1) is 0 Å². The van der Waals surface area contributed by atoms with E-state index < -0.39 is 10.0 Å². The third-order valence-corrected chi connectivity index (χ3v) is 4.00. The van der Waals surface area contributed by atoms with Crippen molar-refractivity contribution in [2.45, 2.75) is 25.6 Å². The Hall–Kier alpha value is -1.86. The summed E-state index contributed by atoms with van der Waals surface area (Å²) in [4.78, 5) is 4.00. The summed E-state index contributed by atoms with van der Waals surface area (Å²) in [6.07, 6.45) is 2.32.